The van der Waals surface area contributed by atoms with E-state index in [1.807, 2.05) is 48.5 Å². The fourth-order valence-electron chi connectivity index (χ4n) is 4.59. The van der Waals surface area contributed by atoms with Gasteiger partial charge < -0.3 is 20.1 Å². The number of carboxylic acids is 1. The lowest BCUT2D eigenvalue weighted by Gasteiger charge is -2.29. The molecule has 0 aliphatic carbocycles. The Bertz CT molecular complexity index is 1440. The predicted molar refractivity (Wildman–Crippen MR) is 162 cm³/mol. The summed E-state index contributed by atoms with van der Waals surface area (Å²) in [7, 11) is -1.10. The van der Waals surface area contributed by atoms with Gasteiger partial charge in [0.25, 0.3) is 0 Å². The molecule has 1 fully saturated rings. The van der Waals surface area contributed by atoms with Crippen molar-refractivity contribution in [1.82, 2.24) is 30.0 Å². The lowest BCUT2D eigenvalue weighted by Crippen LogP contribution is -2.42. The van der Waals surface area contributed by atoms with Crippen LogP contribution in [0.2, 0.25) is 0 Å². The predicted octanol–water partition coefficient (Wildman–Crippen LogP) is 3.24. The second-order valence-electron chi connectivity index (χ2n) is 10.0. The number of thioether (sulfide) groups is 1. The number of hydrogen-bond acceptors (Lipinski definition) is 12. The van der Waals surface area contributed by atoms with Crippen molar-refractivity contribution in [2.75, 3.05) is 5.32 Å². The molecule has 0 aromatic carbocycles. The van der Waals surface area contributed by atoms with Crippen LogP contribution in [0.3, 0.4) is 0 Å². The second kappa shape index (κ2) is 15.1. The summed E-state index contributed by atoms with van der Waals surface area (Å²) in [5, 5.41) is 30.2. The van der Waals surface area contributed by atoms with E-state index in [0.29, 0.717) is 41.9 Å². The number of amides is 1. The highest BCUT2D eigenvalue weighted by Gasteiger charge is 2.37. The largest absolute Gasteiger partial charge is 0.481 e. The van der Waals surface area contributed by atoms with Crippen LogP contribution in [0.25, 0.3) is 0 Å². The Hall–Kier alpha value is -3.76. The number of aromatic nitrogens is 5. The average Bonchev–Trinajstić information content (AvgIpc) is 3.42. The molecular formula is C28H30BN7O5S2. The quantitative estimate of drug-likeness (QED) is 0.148. The number of carboxylic acid groups (broad SMARTS) is 1. The summed E-state index contributed by atoms with van der Waals surface area (Å²) in [5.74, 6) is -1.20. The first-order chi connectivity index (χ1) is 20.9. The van der Waals surface area contributed by atoms with Gasteiger partial charge in [-0.05, 0) is 48.7 Å². The third-order valence-corrected chi connectivity index (χ3v) is 8.82. The van der Waals surface area contributed by atoms with Crippen molar-refractivity contribution in [2.24, 2.45) is 0 Å². The van der Waals surface area contributed by atoms with Crippen LogP contribution in [0.5, 0.6) is 0 Å². The number of anilines is 1. The summed E-state index contributed by atoms with van der Waals surface area (Å²) in [4.78, 5) is 39.3. The van der Waals surface area contributed by atoms with Crippen molar-refractivity contribution in [2.45, 2.75) is 60.9 Å². The molecule has 1 aliphatic rings. The van der Waals surface area contributed by atoms with Crippen molar-refractivity contribution >= 4 is 47.2 Å². The lowest BCUT2D eigenvalue weighted by molar-refractivity contribution is -0.139. The Labute approximate surface area is 257 Å². The SMILES string of the molecule is O=C(O)C[C@@H]1CC[C@H](Sc2nnc(NC(=O)Cc3ccc(CN(Cc4ccccn4)Cc4ccccn4)nc3)s2)B(O)O1. The van der Waals surface area contributed by atoms with Gasteiger partial charge in [0.05, 0.1) is 36.0 Å². The van der Waals surface area contributed by atoms with Crippen LogP contribution < -0.4 is 5.32 Å². The zero-order chi connectivity index (χ0) is 30.0. The van der Waals surface area contributed by atoms with Crippen LogP contribution >= 0.6 is 23.1 Å². The summed E-state index contributed by atoms with van der Waals surface area (Å²) in [5.41, 5.74) is 3.54. The van der Waals surface area contributed by atoms with Gasteiger partial charge in [-0.1, -0.05) is 41.3 Å². The van der Waals surface area contributed by atoms with Crippen molar-refractivity contribution < 1.29 is 24.4 Å². The Kier molecular flexibility index (Phi) is 10.8. The Morgan fingerprint density at radius 3 is 2.26 bits per heavy atom. The van der Waals surface area contributed by atoms with Crippen LogP contribution in [0.15, 0.2) is 71.5 Å². The van der Waals surface area contributed by atoms with E-state index in [-0.39, 0.29) is 23.9 Å². The van der Waals surface area contributed by atoms with Gasteiger partial charge >= 0.3 is 13.1 Å². The molecule has 1 aliphatic heterocycles. The molecule has 3 N–H and O–H groups in total. The Morgan fingerprint density at radius 2 is 1.67 bits per heavy atom. The number of nitrogens with one attached hydrogen (secondary N) is 1. The molecule has 0 spiro atoms. The van der Waals surface area contributed by atoms with Gasteiger partial charge in [-0.25, -0.2) is 0 Å². The van der Waals surface area contributed by atoms with E-state index in [9.17, 15) is 14.6 Å². The molecule has 1 saturated heterocycles. The van der Waals surface area contributed by atoms with Crippen LogP contribution in [0.1, 0.15) is 41.9 Å². The van der Waals surface area contributed by atoms with Crippen molar-refractivity contribution in [3.8, 4) is 0 Å². The number of pyridine rings is 3. The van der Waals surface area contributed by atoms with Crippen molar-refractivity contribution in [3.63, 3.8) is 0 Å². The molecule has 43 heavy (non-hydrogen) atoms. The van der Waals surface area contributed by atoms with Crippen LogP contribution in [0, 0.1) is 0 Å². The van der Waals surface area contributed by atoms with Crippen LogP contribution in [0.4, 0.5) is 5.13 Å². The molecule has 0 unspecified atom stereocenters. The van der Waals surface area contributed by atoms with Gasteiger partial charge in [-0.2, -0.15) is 0 Å². The molecular weight excluding hydrogens is 589 g/mol. The topological polar surface area (TPSA) is 164 Å². The fraction of sp³-hybridized carbons (Fsp3) is 0.321. The standard InChI is InChI=1S/C28H30BN7O5S2/c37-25(33-27-34-35-28(43-27)42-24-10-9-23(14-26(38)39)41-29(24)40)13-19-7-8-22(32-15-19)18-36(16-20-5-1-3-11-30-20)17-21-6-2-4-12-31-21/h1-8,11-12,15,23-24,40H,9-10,13-14,16-18H2,(H,38,39)(H,33,34,37)/t23-,24-/m0/s1. The van der Waals surface area contributed by atoms with E-state index < -0.39 is 19.2 Å². The van der Waals surface area contributed by atoms with Gasteiger partial charge in [0.2, 0.25) is 11.0 Å². The van der Waals surface area contributed by atoms with Crippen LogP contribution in [-0.4, -0.2) is 70.4 Å². The summed E-state index contributed by atoms with van der Waals surface area (Å²) in [6, 6.07) is 15.5. The van der Waals surface area contributed by atoms with Crippen LogP contribution in [-0.2, 0) is 40.3 Å². The maximum Gasteiger partial charge on any atom is 0.468 e. The molecule has 222 valence electrons. The molecule has 4 aromatic rings. The van der Waals surface area contributed by atoms with Gasteiger partial charge in [0, 0.05) is 43.4 Å². The van der Waals surface area contributed by atoms with E-state index in [1.54, 1.807) is 18.6 Å². The third kappa shape index (κ3) is 9.63. The minimum absolute atomic E-state index is 0.126. The fourth-order valence-corrected chi connectivity index (χ4v) is 6.66. The van der Waals surface area contributed by atoms with E-state index in [0.717, 1.165) is 22.6 Å². The first-order valence-electron chi connectivity index (χ1n) is 13.7. The number of carbonyl (C=O) groups excluding carboxylic acids is 1. The minimum Gasteiger partial charge on any atom is -0.481 e. The molecule has 1 amide bonds. The van der Waals surface area contributed by atoms with Gasteiger partial charge in [0.15, 0.2) is 4.34 Å². The smallest absolute Gasteiger partial charge is 0.468 e. The first-order valence-corrected chi connectivity index (χ1v) is 15.4. The summed E-state index contributed by atoms with van der Waals surface area (Å²) < 4.78 is 6.00. The molecule has 0 saturated carbocycles. The highest BCUT2D eigenvalue weighted by atomic mass is 32.2. The number of aliphatic carboxylic acids is 1. The average molecular weight is 620 g/mol. The van der Waals surface area contributed by atoms with Gasteiger partial charge in [-0.15, -0.1) is 10.2 Å². The summed E-state index contributed by atoms with van der Waals surface area (Å²) in [6.07, 6.45) is 5.86. The molecule has 0 bridgehead atoms. The summed E-state index contributed by atoms with van der Waals surface area (Å²) >= 11 is 2.51. The number of rotatable bonds is 13. The number of carbonyl (C=O) groups is 2. The molecule has 15 heteroatoms. The maximum absolute atomic E-state index is 12.7. The highest BCUT2D eigenvalue weighted by Crippen LogP contribution is 2.35. The van der Waals surface area contributed by atoms with E-state index in [1.165, 1.54) is 23.1 Å². The normalized spacial score (nSPS) is 16.7. The van der Waals surface area contributed by atoms with Crippen molar-refractivity contribution in [3.05, 3.63) is 89.8 Å². The first kappa shape index (κ1) is 30.7. The molecule has 5 rings (SSSR count). The molecule has 2 atom stereocenters. The van der Waals surface area contributed by atoms with Gasteiger partial charge in [0.1, 0.15) is 0 Å². The lowest BCUT2D eigenvalue weighted by atomic mass is 9.77. The Morgan fingerprint density at radius 1 is 0.977 bits per heavy atom. The van der Waals surface area contributed by atoms with E-state index >= 15 is 0 Å². The second-order valence-corrected chi connectivity index (χ2v) is 12.5. The summed E-state index contributed by atoms with van der Waals surface area (Å²) in [6.45, 7) is 1.87. The monoisotopic (exact) mass is 619 g/mol. The highest BCUT2D eigenvalue weighted by molar-refractivity contribution is 8.02. The Balaban J connectivity index is 1.12. The molecule has 12 nitrogen and oxygen atoms in total. The number of hydrogen-bond donors (Lipinski definition) is 3. The molecule has 5 heterocycles. The molecule has 4 aromatic heterocycles. The van der Waals surface area contributed by atoms with Crippen molar-refractivity contribution in [1.29, 1.82) is 0 Å². The third-order valence-electron chi connectivity index (χ3n) is 6.59. The minimum atomic E-state index is -1.10. The van der Waals surface area contributed by atoms with E-state index in [4.69, 9.17) is 9.76 Å². The zero-order valence-electron chi connectivity index (χ0n) is 23.2. The zero-order valence-corrected chi connectivity index (χ0v) is 24.8. The maximum atomic E-state index is 12.7. The number of nitrogens with zero attached hydrogens (tertiary/aromatic N) is 6. The van der Waals surface area contributed by atoms with E-state index in [2.05, 4.69) is 35.4 Å². The van der Waals surface area contributed by atoms with Gasteiger partial charge in [-0.3, -0.25) is 29.4 Å². The molecule has 0 radical (unpaired) electrons.